The second kappa shape index (κ2) is 3.75. The smallest absolute Gasteiger partial charge is 0.231 e. The van der Waals surface area contributed by atoms with Gasteiger partial charge in [0.05, 0.1) is 12.5 Å². The van der Waals surface area contributed by atoms with Crippen LogP contribution < -0.4 is 18.9 Å². The Morgan fingerprint density at radius 3 is 2.62 bits per heavy atom. The van der Waals surface area contributed by atoms with E-state index in [1.165, 1.54) is 0 Å². The Kier molecular flexibility index (Phi) is 1.99. The van der Waals surface area contributed by atoms with E-state index in [9.17, 15) is 5.11 Å². The number of hydrogen-bond donors (Lipinski definition) is 1. The van der Waals surface area contributed by atoms with Gasteiger partial charge in [-0.2, -0.15) is 0 Å². The van der Waals surface area contributed by atoms with Gasteiger partial charge >= 0.3 is 0 Å². The van der Waals surface area contributed by atoms with Gasteiger partial charge in [0.2, 0.25) is 6.79 Å². The quantitative estimate of drug-likeness (QED) is 0.806. The number of benzene rings is 2. The van der Waals surface area contributed by atoms with Gasteiger partial charge in [0.1, 0.15) is 23.4 Å². The van der Waals surface area contributed by atoms with Crippen LogP contribution >= 0.6 is 0 Å². The van der Waals surface area contributed by atoms with Crippen molar-refractivity contribution in [2.45, 2.75) is 12.0 Å². The lowest BCUT2D eigenvalue weighted by Gasteiger charge is -2.27. The second-order valence-electron chi connectivity index (χ2n) is 5.42. The van der Waals surface area contributed by atoms with E-state index < -0.39 is 0 Å². The van der Waals surface area contributed by atoms with E-state index in [1.54, 1.807) is 18.2 Å². The van der Waals surface area contributed by atoms with Crippen LogP contribution in [0.4, 0.5) is 0 Å². The second-order valence-corrected chi connectivity index (χ2v) is 5.42. The summed E-state index contributed by atoms with van der Waals surface area (Å²) in [6.45, 7) is 0.800. The highest BCUT2D eigenvalue weighted by Gasteiger charge is 2.42. The first-order valence-electron chi connectivity index (χ1n) is 6.85. The lowest BCUT2D eigenvalue weighted by Crippen LogP contribution is -2.23. The van der Waals surface area contributed by atoms with Crippen LogP contribution in [0.15, 0.2) is 30.3 Å². The van der Waals surface area contributed by atoms with Gasteiger partial charge in [-0.05, 0) is 24.3 Å². The van der Waals surface area contributed by atoms with Crippen LogP contribution in [0.2, 0.25) is 0 Å². The van der Waals surface area contributed by atoms with Gasteiger partial charge in [-0.3, -0.25) is 0 Å². The summed E-state index contributed by atoms with van der Waals surface area (Å²) in [5, 5.41) is 9.71. The standard InChI is InChI=1S/C16H12O5/c17-8-1-2-12-10(3-8)16-11(6-18-12)9-4-14-15(20-7-19-14)5-13(9)21-16/h1-5,11,16-17H,6-7H2. The lowest BCUT2D eigenvalue weighted by molar-refractivity contribution is 0.138. The first-order valence-corrected chi connectivity index (χ1v) is 6.85. The van der Waals surface area contributed by atoms with Crippen LogP contribution in [0.25, 0.3) is 0 Å². The van der Waals surface area contributed by atoms with Crippen LogP contribution in [0.3, 0.4) is 0 Å². The predicted molar refractivity (Wildman–Crippen MR) is 72.3 cm³/mol. The molecule has 5 heteroatoms. The van der Waals surface area contributed by atoms with Crippen LogP contribution in [-0.4, -0.2) is 18.5 Å². The molecule has 5 rings (SSSR count). The molecule has 106 valence electrons. The maximum Gasteiger partial charge on any atom is 0.231 e. The molecule has 3 heterocycles. The number of phenolic OH excluding ortho intramolecular Hbond substituents is 1. The molecule has 2 atom stereocenters. The maximum absolute atomic E-state index is 9.71. The molecule has 0 bridgehead atoms. The van der Waals surface area contributed by atoms with Gasteiger partial charge in [-0.15, -0.1) is 0 Å². The summed E-state index contributed by atoms with van der Waals surface area (Å²) >= 11 is 0. The molecule has 2 aromatic carbocycles. The molecule has 0 aromatic heterocycles. The number of hydrogen-bond acceptors (Lipinski definition) is 5. The van der Waals surface area contributed by atoms with Crippen LogP contribution in [0, 0.1) is 0 Å². The molecule has 0 spiro atoms. The van der Waals surface area contributed by atoms with E-state index in [-0.39, 0.29) is 24.6 Å². The first kappa shape index (κ1) is 11.1. The fourth-order valence-electron chi connectivity index (χ4n) is 3.24. The Hall–Kier alpha value is -2.56. The lowest BCUT2D eigenvalue weighted by atomic mass is 9.89. The van der Waals surface area contributed by atoms with Crippen molar-refractivity contribution in [1.82, 2.24) is 0 Å². The minimum atomic E-state index is -0.140. The Morgan fingerprint density at radius 2 is 1.71 bits per heavy atom. The molecule has 21 heavy (non-hydrogen) atoms. The first-order chi connectivity index (χ1) is 10.3. The highest BCUT2D eigenvalue weighted by atomic mass is 16.7. The van der Waals surface area contributed by atoms with Crippen LogP contribution in [0.1, 0.15) is 23.1 Å². The molecule has 0 saturated heterocycles. The Morgan fingerprint density at radius 1 is 0.857 bits per heavy atom. The zero-order chi connectivity index (χ0) is 14.0. The monoisotopic (exact) mass is 284 g/mol. The normalized spacial score (nSPS) is 23.6. The zero-order valence-corrected chi connectivity index (χ0v) is 11.0. The third kappa shape index (κ3) is 1.46. The topological polar surface area (TPSA) is 57.2 Å². The third-order valence-electron chi connectivity index (χ3n) is 4.24. The largest absolute Gasteiger partial charge is 0.508 e. The van der Waals surface area contributed by atoms with Gasteiger partial charge in [0.25, 0.3) is 0 Å². The molecule has 0 amide bonds. The summed E-state index contributed by atoms with van der Waals surface area (Å²) in [6, 6.07) is 8.95. The summed E-state index contributed by atoms with van der Waals surface area (Å²) in [7, 11) is 0. The van der Waals surface area contributed by atoms with Gasteiger partial charge in [-0.25, -0.2) is 0 Å². The fraction of sp³-hybridized carbons (Fsp3) is 0.250. The van der Waals surface area contributed by atoms with Crippen molar-refractivity contribution in [2.24, 2.45) is 0 Å². The van der Waals surface area contributed by atoms with Crippen molar-refractivity contribution in [2.75, 3.05) is 13.4 Å². The van der Waals surface area contributed by atoms with Crippen molar-refractivity contribution < 1.29 is 24.1 Å². The average Bonchev–Trinajstić information content (AvgIpc) is 3.08. The number of ether oxygens (including phenoxy) is 4. The number of fused-ring (bicyclic) bond motifs is 6. The number of rotatable bonds is 0. The molecule has 3 aliphatic rings. The van der Waals surface area contributed by atoms with E-state index >= 15 is 0 Å². The molecule has 3 aliphatic heterocycles. The van der Waals surface area contributed by atoms with Crippen molar-refractivity contribution in [1.29, 1.82) is 0 Å². The van der Waals surface area contributed by atoms with Crippen molar-refractivity contribution in [3.05, 3.63) is 41.5 Å². The summed E-state index contributed by atoms with van der Waals surface area (Å²) in [4.78, 5) is 0. The Labute approximate surface area is 120 Å². The van der Waals surface area contributed by atoms with E-state index in [4.69, 9.17) is 18.9 Å². The summed E-state index contributed by atoms with van der Waals surface area (Å²) in [5.74, 6) is 3.34. The van der Waals surface area contributed by atoms with Gasteiger partial charge in [-0.1, -0.05) is 0 Å². The average molecular weight is 284 g/mol. The Balaban J connectivity index is 1.63. The van der Waals surface area contributed by atoms with Crippen molar-refractivity contribution >= 4 is 0 Å². The Bertz CT molecular complexity index is 755. The van der Waals surface area contributed by atoms with Crippen LogP contribution in [-0.2, 0) is 0 Å². The molecule has 0 fully saturated rings. The van der Waals surface area contributed by atoms with Gasteiger partial charge in [0, 0.05) is 17.2 Å². The summed E-state index contributed by atoms with van der Waals surface area (Å²) < 4.78 is 22.7. The number of phenols is 1. The minimum absolute atomic E-state index is 0.101. The minimum Gasteiger partial charge on any atom is -0.508 e. The van der Waals surface area contributed by atoms with E-state index in [1.807, 2.05) is 12.1 Å². The molecule has 0 radical (unpaired) electrons. The van der Waals surface area contributed by atoms with Crippen molar-refractivity contribution in [3.63, 3.8) is 0 Å². The molecule has 2 unspecified atom stereocenters. The molecular weight excluding hydrogens is 272 g/mol. The molecule has 1 N–H and O–H groups in total. The summed E-state index contributed by atoms with van der Waals surface area (Å²) in [6.07, 6.45) is -0.140. The SMILES string of the molecule is Oc1ccc2c(c1)C1Oc3cc4c(cc3C1CO2)OCO4. The molecule has 0 aliphatic carbocycles. The molecule has 0 saturated carbocycles. The predicted octanol–water partition coefficient (Wildman–Crippen LogP) is 2.73. The van der Waals surface area contributed by atoms with E-state index in [2.05, 4.69) is 0 Å². The van der Waals surface area contributed by atoms with Gasteiger partial charge < -0.3 is 24.1 Å². The van der Waals surface area contributed by atoms with Crippen LogP contribution in [0.5, 0.6) is 28.7 Å². The molecule has 5 nitrogen and oxygen atoms in total. The maximum atomic E-state index is 9.71. The van der Waals surface area contributed by atoms with Crippen molar-refractivity contribution in [3.8, 4) is 28.7 Å². The highest BCUT2D eigenvalue weighted by molar-refractivity contribution is 5.57. The third-order valence-corrected chi connectivity index (χ3v) is 4.24. The van der Waals surface area contributed by atoms with E-state index in [0.29, 0.717) is 12.4 Å². The van der Waals surface area contributed by atoms with E-state index in [0.717, 1.165) is 28.4 Å². The van der Waals surface area contributed by atoms with Gasteiger partial charge in [0.15, 0.2) is 11.5 Å². The fourth-order valence-corrected chi connectivity index (χ4v) is 3.24. The summed E-state index contributed by atoms with van der Waals surface area (Å²) in [5.41, 5.74) is 1.95. The highest BCUT2D eigenvalue weighted by Crippen LogP contribution is 2.54. The zero-order valence-electron chi connectivity index (χ0n) is 11.0. The number of aromatic hydroxyl groups is 1. The molecular formula is C16H12O5. The molecule has 2 aromatic rings.